The molecule has 0 spiro atoms. The molecule has 6 heteroatoms. The number of nitrogens with zero attached hydrogens (tertiary/aromatic N) is 1. The van der Waals surface area contributed by atoms with Gasteiger partial charge in [-0.05, 0) is 37.5 Å². The molecule has 3 rings (SSSR count). The molecule has 1 saturated heterocycles. The van der Waals surface area contributed by atoms with Crippen LogP contribution in [-0.4, -0.2) is 49.9 Å². The fraction of sp³-hybridized carbons (Fsp3) is 0.588. The Bertz CT molecular complexity index is 543. The summed E-state index contributed by atoms with van der Waals surface area (Å²) in [6.07, 6.45) is 2.26. The fourth-order valence-electron chi connectivity index (χ4n) is 2.85. The number of rotatable bonds is 5. The Balaban J connectivity index is 1.56. The first-order valence-electron chi connectivity index (χ1n) is 8.29. The molecule has 2 aliphatic heterocycles. The van der Waals surface area contributed by atoms with Crippen LogP contribution in [0.1, 0.15) is 25.3 Å². The number of fused-ring (bicyclic) bond motifs is 1. The summed E-state index contributed by atoms with van der Waals surface area (Å²) in [6, 6.07) is 5.77. The van der Waals surface area contributed by atoms with Crippen LogP contribution in [0.3, 0.4) is 0 Å². The second kappa shape index (κ2) is 7.55. The van der Waals surface area contributed by atoms with E-state index in [1.54, 1.807) is 4.90 Å². The van der Waals surface area contributed by atoms with Crippen LogP contribution < -0.4 is 14.8 Å². The van der Waals surface area contributed by atoms with E-state index < -0.39 is 0 Å². The van der Waals surface area contributed by atoms with Crippen molar-refractivity contribution in [2.45, 2.75) is 32.4 Å². The second-order valence-electron chi connectivity index (χ2n) is 5.81. The van der Waals surface area contributed by atoms with E-state index in [1.807, 2.05) is 25.1 Å². The van der Waals surface area contributed by atoms with Gasteiger partial charge in [-0.1, -0.05) is 6.07 Å². The quantitative estimate of drug-likeness (QED) is 0.903. The zero-order valence-electron chi connectivity index (χ0n) is 13.5. The predicted octanol–water partition coefficient (Wildman–Crippen LogP) is 2.17. The van der Waals surface area contributed by atoms with Gasteiger partial charge in [0.2, 0.25) is 0 Å². The molecule has 2 amide bonds. The van der Waals surface area contributed by atoms with Crippen molar-refractivity contribution in [3.8, 4) is 11.5 Å². The van der Waals surface area contributed by atoms with E-state index in [9.17, 15) is 4.79 Å². The van der Waals surface area contributed by atoms with Gasteiger partial charge < -0.3 is 24.4 Å². The molecule has 0 bridgehead atoms. The van der Waals surface area contributed by atoms with Gasteiger partial charge in [0.05, 0.1) is 6.10 Å². The minimum atomic E-state index is -0.0575. The largest absolute Gasteiger partial charge is 0.486 e. The Morgan fingerprint density at radius 1 is 1.26 bits per heavy atom. The average molecular weight is 320 g/mol. The summed E-state index contributed by atoms with van der Waals surface area (Å²) in [5.41, 5.74) is 1.03. The second-order valence-corrected chi connectivity index (χ2v) is 5.81. The first-order chi connectivity index (χ1) is 11.3. The van der Waals surface area contributed by atoms with Crippen molar-refractivity contribution in [1.29, 1.82) is 0 Å². The molecule has 1 aromatic rings. The maximum absolute atomic E-state index is 12.3. The first-order valence-corrected chi connectivity index (χ1v) is 8.29. The molecular weight excluding hydrogens is 296 g/mol. The molecule has 6 nitrogen and oxygen atoms in total. The van der Waals surface area contributed by atoms with E-state index in [0.29, 0.717) is 32.8 Å². The molecule has 2 aliphatic rings. The third kappa shape index (κ3) is 4.07. The zero-order chi connectivity index (χ0) is 16.1. The standard InChI is InChI=1S/C17H24N2O4/c1-2-19(17(20)18-11-14-4-3-7-21-14)12-13-5-6-15-16(10-13)23-9-8-22-15/h5-6,10,14H,2-4,7-9,11-12H2,1H3,(H,18,20). The maximum atomic E-state index is 12.3. The van der Waals surface area contributed by atoms with Crippen LogP contribution in [0.25, 0.3) is 0 Å². The van der Waals surface area contributed by atoms with Crippen molar-refractivity contribution in [2.75, 3.05) is 32.9 Å². The monoisotopic (exact) mass is 320 g/mol. The smallest absolute Gasteiger partial charge is 0.317 e. The van der Waals surface area contributed by atoms with E-state index in [0.717, 1.165) is 36.5 Å². The van der Waals surface area contributed by atoms with Crippen LogP contribution in [0, 0.1) is 0 Å². The van der Waals surface area contributed by atoms with Gasteiger partial charge in [-0.25, -0.2) is 4.79 Å². The summed E-state index contributed by atoms with van der Waals surface area (Å²) in [5.74, 6) is 1.52. The lowest BCUT2D eigenvalue weighted by Crippen LogP contribution is -2.42. The molecule has 1 atom stereocenters. The summed E-state index contributed by atoms with van der Waals surface area (Å²) in [5, 5.41) is 2.96. The van der Waals surface area contributed by atoms with Crippen molar-refractivity contribution < 1.29 is 19.0 Å². The third-order valence-corrected chi connectivity index (χ3v) is 4.15. The van der Waals surface area contributed by atoms with Gasteiger partial charge in [-0.2, -0.15) is 0 Å². The van der Waals surface area contributed by atoms with Crippen LogP contribution in [-0.2, 0) is 11.3 Å². The van der Waals surface area contributed by atoms with Crippen LogP contribution in [0.4, 0.5) is 4.79 Å². The lowest BCUT2D eigenvalue weighted by atomic mass is 10.2. The Kier molecular flexibility index (Phi) is 5.23. The Labute approximate surface area is 136 Å². The lowest BCUT2D eigenvalue weighted by Gasteiger charge is -2.24. The Morgan fingerprint density at radius 2 is 2.09 bits per heavy atom. The topological polar surface area (TPSA) is 60.0 Å². The fourth-order valence-corrected chi connectivity index (χ4v) is 2.85. The SMILES string of the molecule is CCN(Cc1ccc2c(c1)OCCO2)C(=O)NCC1CCCO1. The Hall–Kier alpha value is -1.95. The van der Waals surface area contributed by atoms with E-state index in [-0.39, 0.29) is 12.1 Å². The molecule has 0 aliphatic carbocycles. The highest BCUT2D eigenvalue weighted by Gasteiger charge is 2.19. The number of carbonyl (C=O) groups is 1. The summed E-state index contributed by atoms with van der Waals surface area (Å²) < 4.78 is 16.6. The zero-order valence-corrected chi connectivity index (χ0v) is 13.5. The molecule has 23 heavy (non-hydrogen) atoms. The highest BCUT2D eigenvalue weighted by molar-refractivity contribution is 5.74. The minimum Gasteiger partial charge on any atom is -0.486 e. The van der Waals surface area contributed by atoms with E-state index in [4.69, 9.17) is 14.2 Å². The number of urea groups is 1. The molecular formula is C17H24N2O4. The lowest BCUT2D eigenvalue weighted by molar-refractivity contribution is 0.109. The predicted molar refractivity (Wildman–Crippen MR) is 85.9 cm³/mol. The Morgan fingerprint density at radius 3 is 2.83 bits per heavy atom. The van der Waals surface area contributed by atoms with Crippen molar-refractivity contribution in [3.63, 3.8) is 0 Å². The molecule has 0 aromatic heterocycles. The van der Waals surface area contributed by atoms with E-state index >= 15 is 0 Å². The van der Waals surface area contributed by atoms with Gasteiger partial charge in [0.15, 0.2) is 11.5 Å². The minimum absolute atomic E-state index is 0.0575. The first kappa shape index (κ1) is 15.9. The van der Waals surface area contributed by atoms with Crippen LogP contribution in [0.5, 0.6) is 11.5 Å². The van der Waals surface area contributed by atoms with Crippen LogP contribution in [0.15, 0.2) is 18.2 Å². The summed E-state index contributed by atoms with van der Waals surface area (Å²) in [6.45, 7) is 5.69. The molecule has 0 radical (unpaired) electrons. The molecule has 1 unspecified atom stereocenters. The van der Waals surface area contributed by atoms with Crippen molar-refractivity contribution in [1.82, 2.24) is 10.2 Å². The van der Waals surface area contributed by atoms with Crippen molar-refractivity contribution in [2.24, 2.45) is 0 Å². The number of hydrogen-bond acceptors (Lipinski definition) is 4. The molecule has 1 fully saturated rings. The number of nitrogens with one attached hydrogen (secondary N) is 1. The average Bonchev–Trinajstić information content (AvgIpc) is 3.11. The molecule has 0 saturated carbocycles. The number of carbonyl (C=O) groups excluding carboxylic acids is 1. The van der Waals surface area contributed by atoms with Crippen molar-refractivity contribution in [3.05, 3.63) is 23.8 Å². The van der Waals surface area contributed by atoms with E-state index in [2.05, 4.69) is 5.32 Å². The van der Waals surface area contributed by atoms with Crippen LogP contribution >= 0.6 is 0 Å². The summed E-state index contributed by atoms with van der Waals surface area (Å²) in [4.78, 5) is 14.1. The van der Waals surface area contributed by atoms with Crippen LogP contribution in [0.2, 0.25) is 0 Å². The van der Waals surface area contributed by atoms with Crippen molar-refractivity contribution >= 4 is 6.03 Å². The highest BCUT2D eigenvalue weighted by Crippen LogP contribution is 2.31. The highest BCUT2D eigenvalue weighted by atomic mass is 16.6. The van der Waals surface area contributed by atoms with Gasteiger partial charge in [0, 0.05) is 26.2 Å². The molecule has 126 valence electrons. The van der Waals surface area contributed by atoms with Gasteiger partial charge in [0.25, 0.3) is 0 Å². The maximum Gasteiger partial charge on any atom is 0.317 e. The van der Waals surface area contributed by atoms with Gasteiger partial charge >= 0.3 is 6.03 Å². The third-order valence-electron chi connectivity index (χ3n) is 4.15. The van der Waals surface area contributed by atoms with Gasteiger partial charge in [0.1, 0.15) is 13.2 Å². The summed E-state index contributed by atoms with van der Waals surface area (Å²) >= 11 is 0. The molecule has 1 N–H and O–H groups in total. The van der Waals surface area contributed by atoms with Gasteiger partial charge in [-0.15, -0.1) is 0 Å². The molecule has 1 aromatic carbocycles. The van der Waals surface area contributed by atoms with Gasteiger partial charge in [-0.3, -0.25) is 0 Å². The van der Waals surface area contributed by atoms with E-state index in [1.165, 1.54) is 0 Å². The number of ether oxygens (including phenoxy) is 3. The summed E-state index contributed by atoms with van der Waals surface area (Å²) in [7, 11) is 0. The number of amides is 2. The number of hydrogen-bond donors (Lipinski definition) is 1. The number of benzene rings is 1. The molecule has 2 heterocycles. The normalized spacial score (nSPS) is 19.4.